The summed E-state index contributed by atoms with van der Waals surface area (Å²) >= 11 is 3.30. The van der Waals surface area contributed by atoms with E-state index in [0.29, 0.717) is 16.6 Å². The molecule has 0 aliphatic rings. The summed E-state index contributed by atoms with van der Waals surface area (Å²) in [4.78, 5) is 11.6. The highest BCUT2D eigenvalue weighted by Crippen LogP contribution is 2.24. The molecule has 0 atom stereocenters. The molecule has 0 fully saturated rings. The van der Waals surface area contributed by atoms with E-state index in [9.17, 15) is 4.79 Å². The lowest BCUT2D eigenvalue weighted by molar-refractivity contribution is 0.0598. The molecule has 1 rings (SSSR count). The molecule has 96 valence electrons. The van der Waals surface area contributed by atoms with Gasteiger partial charge in [0, 0.05) is 5.33 Å². The molecule has 0 amide bonds. The Labute approximate surface area is 115 Å². The Kier molecular flexibility index (Phi) is 4.74. The Morgan fingerprint density at radius 2 is 2.17 bits per heavy atom. The van der Waals surface area contributed by atoms with Crippen molar-refractivity contribution in [2.24, 2.45) is 0 Å². The Morgan fingerprint density at radius 3 is 2.67 bits per heavy atom. The molecule has 1 aromatic rings. The maximum Gasteiger partial charge on any atom is 0.338 e. The summed E-state index contributed by atoms with van der Waals surface area (Å²) < 4.78 is 10.2. The molecule has 18 heavy (non-hydrogen) atoms. The second-order valence-corrected chi connectivity index (χ2v) is 4.73. The van der Waals surface area contributed by atoms with Crippen LogP contribution in [0.15, 0.2) is 18.2 Å². The van der Waals surface area contributed by atoms with Gasteiger partial charge < -0.3 is 9.47 Å². The molecule has 0 radical (unpaired) electrons. The largest absolute Gasteiger partial charge is 0.473 e. The fourth-order valence-electron chi connectivity index (χ4n) is 1.35. The van der Waals surface area contributed by atoms with E-state index in [-0.39, 0.29) is 0 Å². The molecule has 5 heteroatoms. The van der Waals surface area contributed by atoms with Crippen molar-refractivity contribution in [3.8, 4) is 11.8 Å². The molecule has 0 unspecified atom stereocenters. The van der Waals surface area contributed by atoms with Gasteiger partial charge in [-0.2, -0.15) is 5.26 Å². The van der Waals surface area contributed by atoms with Gasteiger partial charge in [-0.1, -0.05) is 22.0 Å². The zero-order valence-electron chi connectivity index (χ0n) is 10.5. The third kappa shape index (κ3) is 3.47. The lowest BCUT2D eigenvalue weighted by Crippen LogP contribution is -2.25. The van der Waals surface area contributed by atoms with Crippen molar-refractivity contribution in [2.75, 3.05) is 7.11 Å². The van der Waals surface area contributed by atoms with Crippen LogP contribution in [0, 0.1) is 11.3 Å². The van der Waals surface area contributed by atoms with Gasteiger partial charge in [0.05, 0.1) is 12.7 Å². The maximum atomic E-state index is 11.6. The van der Waals surface area contributed by atoms with Crippen LogP contribution < -0.4 is 4.74 Å². The number of hydrogen-bond acceptors (Lipinski definition) is 4. The number of rotatable bonds is 4. The number of esters is 1. The van der Waals surface area contributed by atoms with Crippen LogP contribution in [0.3, 0.4) is 0 Å². The highest BCUT2D eigenvalue weighted by Gasteiger charge is 2.20. The van der Waals surface area contributed by atoms with E-state index < -0.39 is 11.6 Å². The van der Waals surface area contributed by atoms with Gasteiger partial charge >= 0.3 is 5.97 Å². The minimum atomic E-state index is -0.941. The molecule has 0 heterocycles. The van der Waals surface area contributed by atoms with Crippen LogP contribution in [-0.4, -0.2) is 18.7 Å². The van der Waals surface area contributed by atoms with Crippen LogP contribution in [0.2, 0.25) is 0 Å². The number of ether oxygens (including phenoxy) is 2. The number of nitriles is 1. The van der Waals surface area contributed by atoms with Crippen molar-refractivity contribution in [2.45, 2.75) is 24.8 Å². The smallest absolute Gasteiger partial charge is 0.338 e. The normalized spacial score (nSPS) is 10.6. The Balaban J connectivity index is 3.12. The van der Waals surface area contributed by atoms with Gasteiger partial charge in [0.1, 0.15) is 11.8 Å². The van der Waals surface area contributed by atoms with E-state index in [1.54, 1.807) is 32.0 Å². The first-order valence-electron chi connectivity index (χ1n) is 5.31. The standard InChI is InChI=1S/C13H14BrNO3/c1-13(2,8-15)18-10-5-4-9(7-14)11(6-10)12(16)17-3/h4-6H,7H2,1-3H3. The molecule has 1 aromatic carbocycles. The average Bonchev–Trinajstić information content (AvgIpc) is 2.37. The van der Waals surface area contributed by atoms with Gasteiger partial charge in [-0.25, -0.2) is 4.79 Å². The van der Waals surface area contributed by atoms with Crippen LogP contribution in [0.4, 0.5) is 0 Å². The van der Waals surface area contributed by atoms with Gasteiger partial charge in [-0.15, -0.1) is 0 Å². The Bertz CT molecular complexity index is 491. The Morgan fingerprint density at radius 1 is 1.50 bits per heavy atom. The molecule has 0 saturated carbocycles. The third-order valence-electron chi connectivity index (χ3n) is 2.27. The van der Waals surface area contributed by atoms with Crippen LogP contribution in [0.5, 0.6) is 5.75 Å². The molecule has 4 nitrogen and oxygen atoms in total. The number of alkyl halides is 1. The van der Waals surface area contributed by atoms with Crippen LogP contribution in [0.25, 0.3) is 0 Å². The molecular formula is C13H14BrNO3. The van der Waals surface area contributed by atoms with Crippen LogP contribution in [0.1, 0.15) is 29.8 Å². The van der Waals surface area contributed by atoms with Gasteiger partial charge in [0.15, 0.2) is 5.60 Å². The van der Waals surface area contributed by atoms with E-state index in [1.165, 1.54) is 7.11 Å². The highest BCUT2D eigenvalue weighted by atomic mass is 79.9. The molecule has 0 aromatic heterocycles. The maximum absolute atomic E-state index is 11.6. The molecule has 0 bridgehead atoms. The summed E-state index contributed by atoms with van der Waals surface area (Å²) in [6.45, 7) is 3.31. The second-order valence-electron chi connectivity index (χ2n) is 4.17. The van der Waals surface area contributed by atoms with Crippen LogP contribution >= 0.6 is 15.9 Å². The van der Waals surface area contributed by atoms with Crippen molar-refractivity contribution >= 4 is 21.9 Å². The summed E-state index contributed by atoms with van der Waals surface area (Å²) in [6.07, 6.45) is 0. The monoisotopic (exact) mass is 311 g/mol. The SMILES string of the molecule is COC(=O)c1cc(OC(C)(C)C#N)ccc1CBr. The van der Waals surface area contributed by atoms with Crippen molar-refractivity contribution in [1.82, 2.24) is 0 Å². The van der Waals surface area contributed by atoms with Crippen LogP contribution in [-0.2, 0) is 10.1 Å². The van der Waals surface area contributed by atoms with Gasteiger partial charge in [0.2, 0.25) is 0 Å². The first-order chi connectivity index (χ1) is 8.43. The fraction of sp³-hybridized carbons (Fsp3) is 0.385. The van der Waals surface area contributed by atoms with E-state index in [4.69, 9.17) is 14.7 Å². The van der Waals surface area contributed by atoms with Gasteiger partial charge in [0.25, 0.3) is 0 Å². The number of halogens is 1. The van der Waals surface area contributed by atoms with Gasteiger partial charge in [-0.3, -0.25) is 0 Å². The molecule has 0 spiro atoms. The van der Waals surface area contributed by atoms with Crippen molar-refractivity contribution in [3.63, 3.8) is 0 Å². The molecular weight excluding hydrogens is 298 g/mol. The summed E-state index contributed by atoms with van der Waals surface area (Å²) in [6, 6.07) is 7.11. The summed E-state index contributed by atoms with van der Waals surface area (Å²) in [5.41, 5.74) is 0.299. The number of hydrogen-bond donors (Lipinski definition) is 0. The molecule has 0 N–H and O–H groups in total. The zero-order chi connectivity index (χ0) is 13.8. The fourth-order valence-corrected chi connectivity index (χ4v) is 1.84. The number of nitrogens with zero attached hydrogens (tertiary/aromatic N) is 1. The number of carbonyl (C=O) groups excluding carboxylic acids is 1. The lowest BCUT2D eigenvalue weighted by Gasteiger charge is -2.19. The molecule has 0 saturated heterocycles. The predicted octanol–water partition coefficient (Wildman–Crippen LogP) is 3.05. The average molecular weight is 312 g/mol. The first-order valence-corrected chi connectivity index (χ1v) is 6.43. The van der Waals surface area contributed by atoms with E-state index in [1.807, 2.05) is 6.07 Å². The quantitative estimate of drug-likeness (QED) is 0.633. The number of carbonyl (C=O) groups is 1. The second kappa shape index (κ2) is 5.87. The molecule has 0 aliphatic heterocycles. The van der Waals surface area contributed by atoms with E-state index in [2.05, 4.69) is 15.9 Å². The summed E-state index contributed by atoms with van der Waals surface area (Å²) in [7, 11) is 1.33. The minimum absolute atomic E-state index is 0.426. The lowest BCUT2D eigenvalue weighted by atomic mass is 10.1. The minimum Gasteiger partial charge on any atom is -0.473 e. The summed E-state index contributed by atoms with van der Waals surface area (Å²) in [5, 5.41) is 9.45. The topological polar surface area (TPSA) is 59.3 Å². The van der Waals surface area contributed by atoms with Gasteiger partial charge in [-0.05, 0) is 31.5 Å². The number of benzene rings is 1. The van der Waals surface area contributed by atoms with Crippen molar-refractivity contribution in [3.05, 3.63) is 29.3 Å². The van der Waals surface area contributed by atoms with Crippen molar-refractivity contribution in [1.29, 1.82) is 5.26 Å². The number of methoxy groups -OCH3 is 1. The van der Waals surface area contributed by atoms with E-state index >= 15 is 0 Å². The highest BCUT2D eigenvalue weighted by molar-refractivity contribution is 9.08. The zero-order valence-corrected chi connectivity index (χ0v) is 12.1. The molecule has 0 aliphatic carbocycles. The Hall–Kier alpha value is -1.54. The predicted molar refractivity (Wildman–Crippen MR) is 70.7 cm³/mol. The first kappa shape index (κ1) is 14.5. The summed E-state index contributed by atoms with van der Waals surface area (Å²) in [5.74, 6) is 0.0383. The third-order valence-corrected chi connectivity index (χ3v) is 2.88. The van der Waals surface area contributed by atoms with Crippen molar-refractivity contribution < 1.29 is 14.3 Å². The van der Waals surface area contributed by atoms with E-state index in [0.717, 1.165) is 5.56 Å².